The van der Waals surface area contributed by atoms with Crippen LogP contribution in [0.15, 0.2) is 66.7 Å². The van der Waals surface area contributed by atoms with Gasteiger partial charge in [-0.3, -0.25) is 4.79 Å². The van der Waals surface area contributed by atoms with Gasteiger partial charge in [0.15, 0.2) is 11.5 Å². The van der Waals surface area contributed by atoms with Crippen molar-refractivity contribution in [1.29, 1.82) is 0 Å². The van der Waals surface area contributed by atoms with Crippen molar-refractivity contribution in [2.45, 2.75) is 19.4 Å². The third kappa shape index (κ3) is 4.74. The topological polar surface area (TPSA) is 56.8 Å². The Hall–Kier alpha value is -3.47. The molecule has 0 saturated carbocycles. The minimum atomic E-state index is -0.221. The first kappa shape index (κ1) is 21.2. The Balaban J connectivity index is 1.69. The van der Waals surface area contributed by atoms with E-state index in [2.05, 4.69) is 41.7 Å². The van der Waals surface area contributed by atoms with Crippen molar-refractivity contribution in [2.24, 2.45) is 0 Å². The van der Waals surface area contributed by atoms with Crippen LogP contribution >= 0.6 is 0 Å². The van der Waals surface area contributed by atoms with Crippen molar-refractivity contribution in [2.75, 3.05) is 21.3 Å². The molecule has 1 atom stereocenters. The first-order valence-electron chi connectivity index (χ1n) is 9.81. The highest BCUT2D eigenvalue weighted by molar-refractivity contribution is 5.98. The number of methoxy groups -OCH3 is 3. The lowest BCUT2D eigenvalue weighted by atomic mass is 10.0. The second kappa shape index (κ2) is 9.83. The van der Waals surface area contributed by atoms with Crippen LogP contribution in [0.1, 0.15) is 22.8 Å². The summed E-state index contributed by atoms with van der Waals surface area (Å²) in [5.74, 6) is 1.05. The lowest BCUT2D eigenvalue weighted by Gasteiger charge is -2.18. The van der Waals surface area contributed by atoms with Crippen molar-refractivity contribution in [3.8, 4) is 28.4 Å². The van der Waals surface area contributed by atoms with Crippen LogP contribution < -0.4 is 19.5 Å². The molecule has 0 bridgehead atoms. The second-order valence-electron chi connectivity index (χ2n) is 7.02. The van der Waals surface area contributed by atoms with E-state index in [1.54, 1.807) is 19.2 Å². The number of benzene rings is 3. The maximum atomic E-state index is 12.8. The number of ether oxygens (including phenoxy) is 3. The van der Waals surface area contributed by atoms with Crippen molar-refractivity contribution in [3.63, 3.8) is 0 Å². The van der Waals surface area contributed by atoms with Gasteiger partial charge in [0.1, 0.15) is 0 Å². The van der Waals surface area contributed by atoms with Gasteiger partial charge in [-0.1, -0.05) is 54.6 Å². The largest absolute Gasteiger partial charge is 0.493 e. The highest BCUT2D eigenvalue weighted by atomic mass is 16.5. The number of nitrogens with one attached hydrogen (secondary N) is 1. The third-order valence-electron chi connectivity index (χ3n) is 4.93. The number of rotatable bonds is 8. The predicted molar refractivity (Wildman–Crippen MR) is 119 cm³/mol. The lowest BCUT2D eigenvalue weighted by Crippen LogP contribution is -2.34. The summed E-state index contributed by atoms with van der Waals surface area (Å²) in [6, 6.07) is 22.0. The molecule has 3 aromatic rings. The fourth-order valence-corrected chi connectivity index (χ4v) is 3.45. The van der Waals surface area contributed by atoms with Gasteiger partial charge in [-0.05, 0) is 42.2 Å². The van der Waals surface area contributed by atoms with Gasteiger partial charge in [0, 0.05) is 6.04 Å². The molecule has 0 fully saturated rings. The quantitative estimate of drug-likeness (QED) is 0.588. The van der Waals surface area contributed by atoms with E-state index in [0.29, 0.717) is 22.8 Å². The Morgan fingerprint density at radius 1 is 0.800 bits per heavy atom. The molecule has 156 valence electrons. The molecule has 3 aromatic carbocycles. The highest BCUT2D eigenvalue weighted by Gasteiger charge is 2.21. The van der Waals surface area contributed by atoms with Crippen LogP contribution in [0.2, 0.25) is 0 Å². The zero-order valence-electron chi connectivity index (χ0n) is 17.8. The molecule has 0 aromatic heterocycles. The zero-order chi connectivity index (χ0) is 21.5. The zero-order valence-corrected chi connectivity index (χ0v) is 17.8. The first-order chi connectivity index (χ1) is 14.6. The molecule has 0 aliphatic rings. The van der Waals surface area contributed by atoms with E-state index in [1.165, 1.54) is 25.3 Å². The van der Waals surface area contributed by atoms with Gasteiger partial charge in [-0.15, -0.1) is 0 Å². The molecule has 1 N–H and O–H groups in total. The first-order valence-corrected chi connectivity index (χ1v) is 9.81. The Morgan fingerprint density at radius 2 is 1.43 bits per heavy atom. The van der Waals surface area contributed by atoms with Crippen LogP contribution in [0.5, 0.6) is 17.2 Å². The summed E-state index contributed by atoms with van der Waals surface area (Å²) >= 11 is 0. The molecular weight excluding hydrogens is 378 g/mol. The maximum absolute atomic E-state index is 12.8. The monoisotopic (exact) mass is 405 g/mol. The minimum Gasteiger partial charge on any atom is -0.493 e. The molecule has 0 radical (unpaired) electrons. The predicted octanol–water partition coefficient (Wildman–Crippen LogP) is 4.74. The minimum absolute atomic E-state index is 0.0575. The SMILES string of the molecule is COc1ccc(C(=O)N[C@H](C)Cc2ccc(-c3ccccc3)cc2)c(OC)c1OC. The molecular formula is C25H27NO4. The fourth-order valence-electron chi connectivity index (χ4n) is 3.45. The molecule has 0 heterocycles. The maximum Gasteiger partial charge on any atom is 0.255 e. The molecule has 0 unspecified atom stereocenters. The Kier molecular flexibility index (Phi) is 6.96. The average molecular weight is 405 g/mol. The molecule has 5 nitrogen and oxygen atoms in total. The van der Waals surface area contributed by atoms with Gasteiger partial charge in [-0.2, -0.15) is 0 Å². The summed E-state index contributed by atoms with van der Waals surface area (Å²) in [7, 11) is 4.57. The molecule has 3 rings (SSSR count). The highest BCUT2D eigenvalue weighted by Crippen LogP contribution is 2.39. The van der Waals surface area contributed by atoms with Crippen molar-refractivity contribution in [1.82, 2.24) is 5.32 Å². The van der Waals surface area contributed by atoms with E-state index < -0.39 is 0 Å². The van der Waals surface area contributed by atoms with Gasteiger partial charge in [0.2, 0.25) is 5.75 Å². The van der Waals surface area contributed by atoms with Gasteiger partial charge >= 0.3 is 0 Å². The number of hydrogen-bond acceptors (Lipinski definition) is 4. The van der Waals surface area contributed by atoms with E-state index in [-0.39, 0.29) is 11.9 Å². The number of amides is 1. The molecule has 0 aliphatic heterocycles. The smallest absolute Gasteiger partial charge is 0.255 e. The lowest BCUT2D eigenvalue weighted by molar-refractivity contribution is 0.0936. The van der Waals surface area contributed by atoms with Gasteiger partial charge in [0.05, 0.1) is 26.9 Å². The van der Waals surface area contributed by atoms with Crippen molar-refractivity contribution < 1.29 is 19.0 Å². The second-order valence-corrected chi connectivity index (χ2v) is 7.02. The van der Waals surface area contributed by atoms with Crippen LogP contribution in [0.25, 0.3) is 11.1 Å². The molecule has 1 amide bonds. The average Bonchev–Trinajstić information content (AvgIpc) is 2.78. The molecule has 0 aliphatic carbocycles. The van der Waals surface area contributed by atoms with Crippen LogP contribution in [0.4, 0.5) is 0 Å². The summed E-state index contributed by atoms with van der Waals surface area (Å²) < 4.78 is 16.1. The standard InChI is InChI=1S/C25H27NO4/c1-17(16-18-10-12-20(13-11-18)19-8-6-5-7-9-19)26-25(27)21-14-15-22(28-2)24(30-4)23(21)29-3/h5-15,17H,16H2,1-4H3,(H,26,27)/t17-/m1/s1. The molecule has 5 heteroatoms. The molecule has 0 saturated heterocycles. The Labute approximate surface area is 177 Å². The fraction of sp³-hybridized carbons (Fsp3) is 0.240. The third-order valence-corrected chi connectivity index (χ3v) is 4.93. The number of carbonyl (C=O) groups is 1. The Morgan fingerprint density at radius 3 is 2.03 bits per heavy atom. The van der Waals surface area contributed by atoms with Gasteiger partial charge in [0.25, 0.3) is 5.91 Å². The van der Waals surface area contributed by atoms with E-state index in [4.69, 9.17) is 14.2 Å². The Bertz CT molecular complexity index is 984. The summed E-state index contributed by atoms with van der Waals surface area (Å²) in [6.45, 7) is 1.98. The van der Waals surface area contributed by atoms with Crippen molar-refractivity contribution in [3.05, 3.63) is 77.9 Å². The van der Waals surface area contributed by atoms with Crippen LogP contribution in [-0.2, 0) is 6.42 Å². The van der Waals surface area contributed by atoms with Crippen LogP contribution in [0.3, 0.4) is 0 Å². The normalized spacial score (nSPS) is 11.5. The van der Waals surface area contributed by atoms with Crippen LogP contribution in [-0.4, -0.2) is 33.3 Å². The van der Waals surface area contributed by atoms with Gasteiger partial charge < -0.3 is 19.5 Å². The van der Waals surface area contributed by atoms with E-state index in [0.717, 1.165) is 12.0 Å². The number of carbonyl (C=O) groups excluding carboxylic acids is 1. The van der Waals surface area contributed by atoms with E-state index >= 15 is 0 Å². The van der Waals surface area contributed by atoms with Gasteiger partial charge in [-0.25, -0.2) is 0 Å². The van der Waals surface area contributed by atoms with Crippen molar-refractivity contribution >= 4 is 5.91 Å². The molecule has 0 spiro atoms. The molecule has 30 heavy (non-hydrogen) atoms. The summed E-state index contributed by atoms with van der Waals surface area (Å²) in [4.78, 5) is 12.8. The number of hydrogen-bond donors (Lipinski definition) is 1. The summed E-state index contributed by atoms with van der Waals surface area (Å²) in [5.41, 5.74) is 3.92. The van der Waals surface area contributed by atoms with E-state index in [9.17, 15) is 4.79 Å². The van der Waals surface area contributed by atoms with E-state index in [1.807, 2.05) is 25.1 Å². The summed E-state index contributed by atoms with van der Waals surface area (Å²) in [5, 5.41) is 3.04. The summed E-state index contributed by atoms with van der Waals surface area (Å²) in [6.07, 6.45) is 0.719. The van der Waals surface area contributed by atoms with Crippen LogP contribution in [0, 0.1) is 0 Å².